The normalized spacial score (nSPS) is 15.0. The fourth-order valence-corrected chi connectivity index (χ4v) is 2.98. The van der Waals surface area contributed by atoms with Crippen molar-refractivity contribution in [2.45, 2.75) is 36.7 Å². The Morgan fingerprint density at radius 3 is 2.50 bits per heavy atom. The molecule has 0 amide bonds. The van der Waals surface area contributed by atoms with E-state index in [1.807, 2.05) is 0 Å². The SMILES string of the molecule is O=S(=O)(NCCCCC1N=N1)c1ccccc1OC(F)(F)F. The zero-order valence-electron chi connectivity index (χ0n) is 11.4. The quantitative estimate of drug-likeness (QED) is 0.741. The molecule has 0 saturated carbocycles. The van der Waals surface area contributed by atoms with E-state index in [4.69, 9.17) is 0 Å². The van der Waals surface area contributed by atoms with E-state index < -0.39 is 27.0 Å². The predicted octanol–water partition coefficient (Wildman–Crippen LogP) is 2.83. The molecule has 1 aliphatic heterocycles. The van der Waals surface area contributed by atoms with Crippen LogP contribution in [0.3, 0.4) is 0 Å². The van der Waals surface area contributed by atoms with E-state index in [1.165, 1.54) is 12.1 Å². The van der Waals surface area contributed by atoms with Gasteiger partial charge in [-0.05, 0) is 31.4 Å². The average Bonchev–Trinajstić information content (AvgIpc) is 3.21. The lowest BCUT2D eigenvalue weighted by molar-refractivity contribution is -0.275. The van der Waals surface area contributed by atoms with Crippen LogP contribution < -0.4 is 9.46 Å². The van der Waals surface area contributed by atoms with E-state index in [2.05, 4.69) is 19.7 Å². The fourth-order valence-electron chi connectivity index (χ4n) is 1.78. The summed E-state index contributed by atoms with van der Waals surface area (Å²) in [7, 11) is -4.07. The lowest BCUT2D eigenvalue weighted by Crippen LogP contribution is -2.26. The zero-order valence-corrected chi connectivity index (χ0v) is 12.2. The van der Waals surface area contributed by atoms with Gasteiger partial charge in [0.15, 0.2) is 6.17 Å². The van der Waals surface area contributed by atoms with Crippen LogP contribution in [-0.4, -0.2) is 27.5 Å². The summed E-state index contributed by atoms with van der Waals surface area (Å²) in [4.78, 5) is -0.542. The van der Waals surface area contributed by atoms with Gasteiger partial charge in [-0.25, -0.2) is 13.1 Å². The molecule has 122 valence electrons. The molecule has 1 aromatic carbocycles. The fraction of sp³-hybridized carbons (Fsp3) is 0.500. The Labute approximate surface area is 125 Å². The number of rotatable bonds is 8. The van der Waals surface area contributed by atoms with Gasteiger partial charge in [-0.2, -0.15) is 10.2 Å². The molecule has 0 atom stereocenters. The molecule has 1 N–H and O–H groups in total. The van der Waals surface area contributed by atoms with Crippen LogP contribution in [0.15, 0.2) is 39.4 Å². The summed E-state index contributed by atoms with van der Waals surface area (Å²) in [6, 6.07) is 4.61. The molecule has 22 heavy (non-hydrogen) atoms. The predicted molar refractivity (Wildman–Crippen MR) is 70.8 cm³/mol. The summed E-state index contributed by atoms with van der Waals surface area (Å²) in [5, 5.41) is 7.41. The topological polar surface area (TPSA) is 80.1 Å². The third-order valence-electron chi connectivity index (χ3n) is 2.82. The molecule has 0 fully saturated rings. The minimum Gasteiger partial charge on any atom is -0.404 e. The van der Waals surface area contributed by atoms with Crippen molar-refractivity contribution >= 4 is 10.0 Å². The van der Waals surface area contributed by atoms with E-state index in [9.17, 15) is 21.6 Å². The van der Waals surface area contributed by atoms with Crippen molar-refractivity contribution in [3.63, 3.8) is 0 Å². The number of nitrogens with zero attached hydrogens (tertiary/aromatic N) is 2. The van der Waals surface area contributed by atoms with Crippen molar-refractivity contribution in [3.8, 4) is 5.75 Å². The molecule has 1 aromatic rings. The minimum absolute atomic E-state index is 0.0255. The lowest BCUT2D eigenvalue weighted by Gasteiger charge is -2.13. The van der Waals surface area contributed by atoms with Crippen LogP contribution in [0.1, 0.15) is 19.3 Å². The number of nitrogens with one attached hydrogen (secondary N) is 1. The average molecular weight is 337 g/mol. The number of hydrogen-bond donors (Lipinski definition) is 1. The monoisotopic (exact) mass is 337 g/mol. The molecule has 0 unspecified atom stereocenters. The number of para-hydroxylation sites is 1. The van der Waals surface area contributed by atoms with Crippen LogP contribution >= 0.6 is 0 Å². The summed E-state index contributed by atoms with van der Waals surface area (Å²) in [5.74, 6) is -0.752. The number of alkyl halides is 3. The van der Waals surface area contributed by atoms with Crippen molar-refractivity contribution in [1.82, 2.24) is 4.72 Å². The molecular formula is C12H14F3N3O3S. The van der Waals surface area contributed by atoms with Crippen LogP contribution in [0.5, 0.6) is 5.75 Å². The Bertz CT molecular complexity index is 641. The molecular weight excluding hydrogens is 323 g/mol. The highest BCUT2D eigenvalue weighted by Gasteiger charge is 2.33. The van der Waals surface area contributed by atoms with Crippen molar-refractivity contribution < 1.29 is 26.3 Å². The number of halogens is 3. The van der Waals surface area contributed by atoms with Gasteiger partial charge < -0.3 is 4.74 Å². The minimum atomic E-state index is -4.96. The maximum atomic E-state index is 12.3. The van der Waals surface area contributed by atoms with Gasteiger partial charge in [-0.3, -0.25) is 0 Å². The maximum Gasteiger partial charge on any atom is 0.573 e. The number of benzene rings is 1. The summed E-state index contributed by atoms with van der Waals surface area (Å²) in [5.41, 5.74) is 0. The smallest absolute Gasteiger partial charge is 0.404 e. The van der Waals surface area contributed by atoms with Gasteiger partial charge in [0.2, 0.25) is 10.0 Å². The van der Waals surface area contributed by atoms with Crippen LogP contribution in [0.4, 0.5) is 13.2 Å². The Kier molecular flexibility index (Phi) is 5.01. The van der Waals surface area contributed by atoms with E-state index in [-0.39, 0.29) is 12.7 Å². The third kappa shape index (κ3) is 5.26. The first kappa shape index (κ1) is 16.7. The van der Waals surface area contributed by atoms with Gasteiger partial charge >= 0.3 is 6.36 Å². The Morgan fingerprint density at radius 1 is 1.18 bits per heavy atom. The number of hydrogen-bond acceptors (Lipinski definition) is 5. The summed E-state index contributed by atoms with van der Waals surface area (Å²) in [6.45, 7) is 0.120. The molecule has 6 nitrogen and oxygen atoms in total. The van der Waals surface area contributed by atoms with Gasteiger partial charge in [0.05, 0.1) is 0 Å². The molecule has 10 heteroatoms. The molecule has 2 rings (SSSR count). The molecule has 0 radical (unpaired) electrons. The van der Waals surface area contributed by atoms with Gasteiger partial charge in [0, 0.05) is 6.54 Å². The van der Waals surface area contributed by atoms with Crippen LogP contribution in [-0.2, 0) is 10.0 Å². The highest BCUT2D eigenvalue weighted by molar-refractivity contribution is 7.89. The van der Waals surface area contributed by atoms with E-state index >= 15 is 0 Å². The van der Waals surface area contributed by atoms with Gasteiger partial charge in [0.1, 0.15) is 10.6 Å². The Morgan fingerprint density at radius 2 is 1.86 bits per heavy atom. The van der Waals surface area contributed by atoms with E-state index in [0.29, 0.717) is 6.42 Å². The second kappa shape index (κ2) is 6.61. The zero-order chi connectivity index (χ0) is 16.2. The van der Waals surface area contributed by atoms with Gasteiger partial charge in [-0.15, -0.1) is 13.2 Å². The van der Waals surface area contributed by atoms with Gasteiger partial charge in [-0.1, -0.05) is 12.1 Å². The van der Waals surface area contributed by atoms with Crippen LogP contribution in [0.2, 0.25) is 0 Å². The second-order valence-electron chi connectivity index (χ2n) is 4.60. The summed E-state index contributed by atoms with van der Waals surface area (Å²) in [6.07, 6.45) is -2.92. The molecule has 0 spiro atoms. The van der Waals surface area contributed by atoms with Crippen molar-refractivity contribution in [2.24, 2.45) is 10.2 Å². The number of sulfonamides is 1. The second-order valence-corrected chi connectivity index (χ2v) is 6.34. The molecule has 0 aromatic heterocycles. The molecule has 1 aliphatic rings. The first-order chi connectivity index (χ1) is 10.3. The van der Waals surface area contributed by atoms with E-state index in [0.717, 1.165) is 25.0 Å². The maximum absolute atomic E-state index is 12.3. The number of ether oxygens (including phenoxy) is 1. The Hall–Kier alpha value is -1.68. The lowest BCUT2D eigenvalue weighted by atomic mass is 10.2. The van der Waals surface area contributed by atoms with Crippen molar-refractivity contribution in [2.75, 3.05) is 6.54 Å². The Balaban J connectivity index is 1.95. The first-order valence-corrected chi connectivity index (χ1v) is 8.01. The molecule has 1 heterocycles. The van der Waals surface area contributed by atoms with Crippen LogP contribution in [0, 0.1) is 0 Å². The molecule has 0 saturated heterocycles. The largest absolute Gasteiger partial charge is 0.573 e. The standard InChI is InChI=1S/C12H14F3N3O3S/c13-12(14,15)21-9-5-1-2-6-10(9)22(19,20)16-8-4-3-7-11-17-18-11/h1-2,5-6,11,16H,3-4,7-8H2. The molecule has 0 bridgehead atoms. The number of unbranched alkanes of at least 4 members (excludes halogenated alkanes) is 1. The molecule has 0 aliphatic carbocycles. The first-order valence-electron chi connectivity index (χ1n) is 6.52. The van der Waals surface area contributed by atoms with E-state index in [1.54, 1.807) is 0 Å². The van der Waals surface area contributed by atoms with Crippen molar-refractivity contribution in [3.05, 3.63) is 24.3 Å². The summed E-state index contributed by atoms with van der Waals surface area (Å²) >= 11 is 0. The van der Waals surface area contributed by atoms with Crippen molar-refractivity contribution in [1.29, 1.82) is 0 Å². The third-order valence-corrected chi connectivity index (χ3v) is 4.32. The summed E-state index contributed by atoms with van der Waals surface area (Å²) < 4.78 is 67.0. The van der Waals surface area contributed by atoms with Gasteiger partial charge in [0.25, 0.3) is 0 Å². The highest BCUT2D eigenvalue weighted by Crippen LogP contribution is 2.29. The highest BCUT2D eigenvalue weighted by atomic mass is 32.2. The van der Waals surface area contributed by atoms with Crippen LogP contribution in [0.25, 0.3) is 0 Å².